The quantitative estimate of drug-likeness (QED) is 0.712. The predicted octanol–water partition coefficient (Wildman–Crippen LogP) is 2.87. The zero-order chi connectivity index (χ0) is 10.5. The van der Waals surface area contributed by atoms with Crippen molar-refractivity contribution >= 4 is 26.3 Å². The third kappa shape index (κ3) is 3.22. The minimum atomic E-state index is 0.807. The van der Waals surface area contributed by atoms with Gasteiger partial charge in [-0.2, -0.15) is 0 Å². The molecule has 0 spiro atoms. The molecular formula is C13H11ClSi. The van der Waals surface area contributed by atoms with Crippen LogP contribution in [0.15, 0.2) is 54.6 Å². The number of hydrogen-bond donors (Lipinski definition) is 0. The summed E-state index contributed by atoms with van der Waals surface area (Å²) in [6, 6.07) is 19.8. The Balaban J connectivity index is 1.96. The van der Waals surface area contributed by atoms with Crippen LogP contribution in [0, 0.1) is 0 Å². The second kappa shape index (κ2) is 5.15. The van der Waals surface area contributed by atoms with Gasteiger partial charge in [0.15, 0.2) is 0 Å². The normalized spacial score (nSPS) is 10.2. The Bertz CT molecular complexity index is 408. The summed E-state index contributed by atoms with van der Waals surface area (Å²) in [6.45, 7) is 0. The molecule has 0 heterocycles. The van der Waals surface area contributed by atoms with Crippen molar-refractivity contribution in [3.63, 3.8) is 0 Å². The summed E-state index contributed by atoms with van der Waals surface area (Å²) in [5.74, 6) is 0. The number of halogens is 1. The van der Waals surface area contributed by atoms with Crippen LogP contribution in [0.2, 0.25) is 5.02 Å². The first-order valence-corrected chi connectivity index (χ1v) is 6.46. The van der Waals surface area contributed by atoms with Crippen molar-refractivity contribution < 1.29 is 0 Å². The summed E-state index contributed by atoms with van der Waals surface area (Å²) >= 11 is 5.83. The van der Waals surface area contributed by atoms with Crippen molar-refractivity contribution in [3.05, 3.63) is 65.2 Å². The second-order valence-electron chi connectivity index (χ2n) is 3.35. The van der Waals surface area contributed by atoms with E-state index >= 15 is 0 Å². The molecule has 0 amide bonds. The Kier molecular flexibility index (Phi) is 3.59. The van der Waals surface area contributed by atoms with E-state index in [4.69, 9.17) is 11.6 Å². The smallest absolute Gasteiger partial charge is 0.0843 e. The summed E-state index contributed by atoms with van der Waals surface area (Å²) in [5.41, 5.74) is 1.35. The minimum absolute atomic E-state index is 0.807. The van der Waals surface area contributed by atoms with E-state index < -0.39 is 0 Å². The SMILES string of the molecule is Clc1ccc(C[Si]c2ccccc2)cc1. The minimum Gasteiger partial charge on any atom is -0.0843 e. The van der Waals surface area contributed by atoms with Gasteiger partial charge in [-0.05, 0) is 18.2 Å². The highest BCUT2D eigenvalue weighted by molar-refractivity contribution is 6.52. The van der Waals surface area contributed by atoms with E-state index in [0.717, 1.165) is 20.6 Å². The largest absolute Gasteiger partial charge is 0.0855 e. The summed E-state index contributed by atoms with van der Waals surface area (Å²) in [4.78, 5) is 0. The van der Waals surface area contributed by atoms with Gasteiger partial charge in [0.05, 0.1) is 9.52 Å². The van der Waals surface area contributed by atoms with Gasteiger partial charge in [-0.1, -0.05) is 64.8 Å². The lowest BCUT2D eigenvalue weighted by Gasteiger charge is -2.00. The molecule has 0 nitrogen and oxygen atoms in total. The fraction of sp³-hybridized carbons (Fsp3) is 0.0769. The molecule has 2 aromatic carbocycles. The maximum atomic E-state index is 5.83. The van der Waals surface area contributed by atoms with E-state index in [1.807, 2.05) is 12.1 Å². The Morgan fingerprint density at radius 2 is 1.53 bits per heavy atom. The molecule has 0 saturated heterocycles. The second-order valence-corrected chi connectivity index (χ2v) is 5.07. The fourth-order valence-corrected chi connectivity index (χ4v) is 2.56. The van der Waals surface area contributed by atoms with Crippen LogP contribution in [0.3, 0.4) is 0 Å². The van der Waals surface area contributed by atoms with Crippen molar-refractivity contribution in [2.45, 2.75) is 6.04 Å². The molecule has 74 valence electrons. The van der Waals surface area contributed by atoms with Crippen LogP contribution in [-0.4, -0.2) is 9.52 Å². The van der Waals surface area contributed by atoms with Crippen LogP contribution in [0.25, 0.3) is 0 Å². The molecule has 0 bridgehead atoms. The summed E-state index contributed by atoms with van der Waals surface area (Å²) in [5, 5.41) is 2.22. The van der Waals surface area contributed by atoms with E-state index in [1.165, 1.54) is 10.8 Å². The molecule has 0 aliphatic carbocycles. The average Bonchev–Trinajstić information content (AvgIpc) is 2.30. The molecule has 0 atom stereocenters. The van der Waals surface area contributed by atoms with Crippen LogP contribution in [0.1, 0.15) is 5.56 Å². The summed E-state index contributed by atoms with van der Waals surface area (Å²) in [6.07, 6.45) is 0. The van der Waals surface area contributed by atoms with E-state index in [2.05, 4.69) is 42.5 Å². The molecule has 15 heavy (non-hydrogen) atoms. The first-order chi connectivity index (χ1) is 7.34. The molecule has 0 aromatic heterocycles. The van der Waals surface area contributed by atoms with Crippen molar-refractivity contribution in [3.8, 4) is 0 Å². The Morgan fingerprint density at radius 1 is 0.867 bits per heavy atom. The highest BCUT2D eigenvalue weighted by Gasteiger charge is 1.96. The molecule has 2 aromatic rings. The van der Waals surface area contributed by atoms with E-state index in [9.17, 15) is 0 Å². The van der Waals surface area contributed by atoms with Crippen molar-refractivity contribution in [2.24, 2.45) is 0 Å². The molecule has 0 unspecified atom stereocenters. The first-order valence-electron chi connectivity index (χ1n) is 4.88. The molecular weight excluding hydrogens is 220 g/mol. The monoisotopic (exact) mass is 230 g/mol. The van der Waals surface area contributed by atoms with Crippen LogP contribution in [0.4, 0.5) is 0 Å². The lowest BCUT2D eigenvalue weighted by molar-refractivity contribution is 1.39. The van der Waals surface area contributed by atoms with E-state index in [-0.39, 0.29) is 0 Å². The van der Waals surface area contributed by atoms with Crippen molar-refractivity contribution in [1.82, 2.24) is 0 Å². The van der Waals surface area contributed by atoms with Gasteiger partial charge in [-0.15, -0.1) is 0 Å². The number of rotatable bonds is 3. The highest BCUT2D eigenvalue weighted by atomic mass is 35.5. The van der Waals surface area contributed by atoms with Gasteiger partial charge in [-0.3, -0.25) is 0 Å². The third-order valence-corrected chi connectivity index (χ3v) is 3.76. The Hall–Kier alpha value is -1.05. The van der Waals surface area contributed by atoms with Crippen LogP contribution in [-0.2, 0) is 6.04 Å². The molecule has 2 rings (SSSR count). The van der Waals surface area contributed by atoms with Gasteiger partial charge in [0.2, 0.25) is 0 Å². The maximum absolute atomic E-state index is 5.83. The number of benzene rings is 2. The van der Waals surface area contributed by atoms with E-state index in [0.29, 0.717) is 0 Å². The fourth-order valence-electron chi connectivity index (χ4n) is 1.36. The van der Waals surface area contributed by atoms with Gasteiger partial charge in [0.1, 0.15) is 0 Å². The van der Waals surface area contributed by atoms with Gasteiger partial charge >= 0.3 is 0 Å². The molecule has 0 aliphatic rings. The van der Waals surface area contributed by atoms with Crippen molar-refractivity contribution in [2.75, 3.05) is 0 Å². The predicted molar refractivity (Wildman–Crippen MR) is 67.0 cm³/mol. The zero-order valence-electron chi connectivity index (χ0n) is 8.28. The van der Waals surface area contributed by atoms with Crippen LogP contribution in [0.5, 0.6) is 0 Å². The summed E-state index contributed by atoms with van der Waals surface area (Å²) in [7, 11) is 0.836. The van der Waals surface area contributed by atoms with Crippen LogP contribution < -0.4 is 5.19 Å². The Morgan fingerprint density at radius 3 is 2.20 bits per heavy atom. The first kappa shape index (κ1) is 10.5. The van der Waals surface area contributed by atoms with Crippen molar-refractivity contribution in [1.29, 1.82) is 0 Å². The molecule has 2 radical (unpaired) electrons. The number of hydrogen-bond acceptors (Lipinski definition) is 0. The summed E-state index contributed by atoms with van der Waals surface area (Å²) < 4.78 is 0. The zero-order valence-corrected chi connectivity index (χ0v) is 10.0. The van der Waals surface area contributed by atoms with Gasteiger partial charge < -0.3 is 0 Å². The van der Waals surface area contributed by atoms with Gasteiger partial charge in [0, 0.05) is 5.02 Å². The van der Waals surface area contributed by atoms with Crippen LogP contribution >= 0.6 is 11.6 Å². The third-order valence-electron chi connectivity index (χ3n) is 2.18. The maximum Gasteiger partial charge on any atom is 0.0855 e. The molecule has 0 aliphatic heterocycles. The highest BCUT2D eigenvalue weighted by Crippen LogP contribution is 2.09. The lowest BCUT2D eigenvalue weighted by Crippen LogP contribution is -2.15. The average molecular weight is 231 g/mol. The van der Waals surface area contributed by atoms with E-state index in [1.54, 1.807) is 0 Å². The Labute approximate surface area is 97.7 Å². The van der Waals surface area contributed by atoms with Gasteiger partial charge in [-0.25, -0.2) is 0 Å². The molecule has 0 N–H and O–H groups in total. The lowest BCUT2D eigenvalue weighted by atomic mass is 10.2. The van der Waals surface area contributed by atoms with Gasteiger partial charge in [0.25, 0.3) is 0 Å². The molecule has 2 heteroatoms. The molecule has 0 fully saturated rings. The molecule has 0 saturated carbocycles. The standard InChI is InChI=1S/C13H11ClSi/c14-12-8-6-11(7-9-12)10-15-13-4-2-1-3-5-13/h1-9H,10H2. The topological polar surface area (TPSA) is 0 Å².